The number of likely N-dealkylation sites (tertiary alicyclic amines) is 1. The maximum atomic E-state index is 13.8. The lowest BCUT2D eigenvalue weighted by molar-refractivity contribution is -0.164. The van der Waals surface area contributed by atoms with Gasteiger partial charge < -0.3 is 14.6 Å². The first-order valence-electron chi connectivity index (χ1n) is 7.98. The van der Waals surface area contributed by atoms with E-state index in [-0.39, 0.29) is 30.9 Å². The molecule has 0 spiro atoms. The second-order valence-electron chi connectivity index (χ2n) is 6.11. The zero-order valence-corrected chi connectivity index (χ0v) is 14.3. The van der Waals surface area contributed by atoms with Gasteiger partial charge in [0.2, 0.25) is 6.29 Å². The van der Waals surface area contributed by atoms with E-state index in [2.05, 4.69) is 4.74 Å². The number of carbonyl (C=O) groups is 3. The SMILES string of the molecule is CC(=O)O[C@@H](C)OC(=O)N1C[C@@H](Cc2cc(F)ccc2F)C[C@H]1C(=O)O. The maximum Gasteiger partial charge on any atom is 0.413 e. The van der Waals surface area contributed by atoms with Crippen LogP contribution in [-0.2, 0) is 25.5 Å². The molecule has 0 saturated carbocycles. The normalized spacial score (nSPS) is 20.5. The number of aliphatic carboxylic acids is 1. The number of carboxylic acids is 1. The van der Waals surface area contributed by atoms with Crippen LogP contribution in [0.15, 0.2) is 18.2 Å². The van der Waals surface area contributed by atoms with Crippen LogP contribution in [-0.4, -0.2) is 46.9 Å². The Balaban J connectivity index is 2.07. The Morgan fingerprint density at radius 1 is 1.31 bits per heavy atom. The van der Waals surface area contributed by atoms with Gasteiger partial charge in [0.05, 0.1) is 0 Å². The monoisotopic (exact) mass is 371 g/mol. The number of ether oxygens (including phenoxy) is 2. The molecule has 0 unspecified atom stereocenters. The highest BCUT2D eigenvalue weighted by Gasteiger charge is 2.41. The van der Waals surface area contributed by atoms with Crippen molar-refractivity contribution >= 4 is 18.0 Å². The second kappa shape index (κ2) is 8.11. The molecule has 1 heterocycles. The molecule has 1 aliphatic rings. The van der Waals surface area contributed by atoms with E-state index in [1.807, 2.05) is 0 Å². The first kappa shape index (κ1) is 19.6. The van der Waals surface area contributed by atoms with Crippen molar-refractivity contribution < 1.29 is 37.7 Å². The molecule has 142 valence electrons. The number of carboxylic acid groups (broad SMARTS) is 1. The van der Waals surface area contributed by atoms with Crippen molar-refractivity contribution in [2.24, 2.45) is 5.92 Å². The zero-order valence-electron chi connectivity index (χ0n) is 14.3. The molecule has 1 aromatic rings. The molecule has 1 saturated heterocycles. The fourth-order valence-electron chi connectivity index (χ4n) is 2.98. The molecule has 1 amide bonds. The van der Waals surface area contributed by atoms with E-state index in [1.165, 1.54) is 6.92 Å². The third-order valence-corrected chi connectivity index (χ3v) is 4.02. The number of carbonyl (C=O) groups excluding carboxylic acids is 2. The number of amides is 1. The number of esters is 1. The molecule has 3 atom stereocenters. The summed E-state index contributed by atoms with van der Waals surface area (Å²) in [6.45, 7) is 2.47. The van der Waals surface area contributed by atoms with Gasteiger partial charge in [-0.05, 0) is 42.5 Å². The quantitative estimate of drug-likeness (QED) is 0.631. The van der Waals surface area contributed by atoms with E-state index in [0.29, 0.717) is 0 Å². The standard InChI is InChI=1S/C17H19F2NO6/c1-9(21)25-10(2)26-17(24)20-8-11(6-15(20)16(22)23)5-12-7-13(18)3-4-14(12)19/h3-4,7,10-11,15H,5-6,8H2,1-2H3,(H,22,23)/t10-,11+,15+/m1/s1. The van der Waals surface area contributed by atoms with Crippen LogP contribution in [0.3, 0.4) is 0 Å². The Labute approximate surface area is 148 Å². The summed E-state index contributed by atoms with van der Waals surface area (Å²) in [5, 5.41) is 9.33. The molecule has 9 heteroatoms. The van der Waals surface area contributed by atoms with E-state index >= 15 is 0 Å². The summed E-state index contributed by atoms with van der Waals surface area (Å²) >= 11 is 0. The minimum atomic E-state index is -1.23. The van der Waals surface area contributed by atoms with Crippen LogP contribution in [0.4, 0.5) is 13.6 Å². The van der Waals surface area contributed by atoms with Crippen LogP contribution in [0.25, 0.3) is 0 Å². The Morgan fingerprint density at radius 2 is 2.00 bits per heavy atom. The van der Waals surface area contributed by atoms with Gasteiger partial charge in [-0.3, -0.25) is 9.69 Å². The zero-order chi connectivity index (χ0) is 19.4. The number of rotatable bonds is 5. The van der Waals surface area contributed by atoms with Gasteiger partial charge >= 0.3 is 18.0 Å². The van der Waals surface area contributed by atoms with Crippen molar-refractivity contribution in [3.63, 3.8) is 0 Å². The second-order valence-corrected chi connectivity index (χ2v) is 6.11. The van der Waals surface area contributed by atoms with Gasteiger partial charge in [-0.15, -0.1) is 0 Å². The molecule has 1 N–H and O–H groups in total. The molecular formula is C17H19F2NO6. The van der Waals surface area contributed by atoms with Crippen molar-refractivity contribution in [3.05, 3.63) is 35.4 Å². The van der Waals surface area contributed by atoms with Gasteiger partial charge in [0.1, 0.15) is 17.7 Å². The largest absolute Gasteiger partial charge is 0.480 e. The van der Waals surface area contributed by atoms with Crippen molar-refractivity contribution in [1.29, 1.82) is 0 Å². The van der Waals surface area contributed by atoms with Crippen molar-refractivity contribution in [2.75, 3.05) is 6.54 Å². The first-order valence-corrected chi connectivity index (χ1v) is 7.98. The van der Waals surface area contributed by atoms with E-state index in [9.17, 15) is 28.3 Å². The van der Waals surface area contributed by atoms with Crippen LogP contribution in [0.1, 0.15) is 25.8 Å². The number of halogens is 2. The van der Waals surface area contributed by atoms with Crippen LogP contribution >= 0.6 is 0 Å². The number of hydrogen-bond donors (Lipinski definition) is 1. The summed E-state index contributed by atoms with van der Waals surface area (Å²) in [7, 11) is 0. The molecule has 0 bridgehead atoms. The molecule has 0 aliphatic carbocycles. The lowest BCUT2D eigenvalue weighted by atomic mass is 9.96. The third-order valence-electron chi connectivity index (χ3n) is 4.02. The summed E-state index contributed by atoms with van der Waals surface area (Å²) in [6, 6.07) is 1.89. The molecule has 0 radical (unpaired) electrons. The van der Waals surface area contributed by atoms with Crippen molar-refractivity contribution in [1.82, 2.24) is 4.90 Å². The first-order chi connectivity index (χ1) is 12.2. The fourth-order valence-corrected chi connectivity index (χ4v) is 2.98. The van der Waals surface area contributed by atoms with E-state index in [0.717, 1.165) is 30.0 Å². The number of nitrogens with zero attached hydrogens (tertiary/aromatic N) is 1. The molecule has 2 rings (SSSR count). The minimum absolute atomic E-state index is 0.00144. The molecule has 1 aliphatic heterocycles. The Bertz CT molecular complexity index is 710. The maximum absolute atomic E-state index is 13.8. The molecule has 1 aromatic carbocycles. The van der Waals surface area contributed by atoms with Gasteiger partial charge in [0.25, 0.3) is 0 Å². The highest BCUT2D eigenvalue weighted by molar-refractivity contribution is 5.81. The summed E-state index contributed by atoms with van der Waals surface area (Å²) < 4.78 is 36.7. The molecule has 0 aromatic heterocycles. The fraction of sp³-hybridized carbons (Fsp3) is 0.471. The highest BCUT2D eigenvalue weighted by atomic mass is 19.1. The van der Waals surface area contributed by atoms with Crippen LogP contribution < -0.4 is 0 Å². The minimum Gasteiger partial charge on any atom is -0.480 e. The third kappa shape index (κ3) is 4.90. The lowest BCUT2D eigenvalue weighted by Gasteiger charge is -2.23. The van der Waals surface area contributed by atoms with Crippen molar-refractivity contribution in [2.45, 2.75) is 39.0 Å². The Hall–Kier alpha value is -2.71. The average Bonchev–Trinajstić information content (AvgIpc) is 2.94. The predicted molar refractivity (Wildman–Crippen MR) is 84.0 cm³/mol. The Kier molecular flexibility index (Phi) is 6.12. The van der Waals surface area contributed by atoms with Gasteiger partial charge in [-0.2, -0.15) is 0 Å². The number of hydrogen-bond acceptors (Lipinski definition) is 5. The molecule has 7 nitrogen and oxygen atoms in total. The highest BCUT2D eigenvalue weighted by Crippen LogP contribution is 2.28. The molecular weight excluding hydrogens is 352 g/mol. The van der Waals surface area contributed by atoms with Gasteiger partial charge in [0, 0.05) is 20.4 Å². The van der Waals surface area contributed by atoms with Gasteiger partial charge in [-0.25, -0.2) is 18.4 Å². The Morgan fingerprint density at radius 3 is 2.62 bits per heavy atom. The smallest absolute Gasteiger partial charge is 0.413 e. The van der Waals surface area contributed by atoms with E-state index < -0.39 is 42.0 Å². The van der Waals surface area contributed by atoms with Crippen molar-refractivity contribution in [3.8, 4) is 0 Å². The lowest BCUT2D eigenvalue weighted by Crippen LogP contribution is -2.42. The van der Waals surface area contributed by atoms with Crippen LogP contribution in [0.5, 0.6) is 0 Å². The average molecular weight is 371 g/mol. The van der Waals surface area contributed by atoms with Crippen LogP contribution in [0.2, 0.25) is 0 Å². The topological polar surface area (TPSA) is 93.1 Å². The number of benzene rings is 1. The molecule has 1 fully saturated rings. The van der Waals surface area contributed by atoms with Crippen LogP contribution in [0, 0.1) is 17.6 Å². The summed E-state index contributed by atoms with van der Waals surface area (Å²) in [5.74, 6) is -3.46. The van der Waals surface area contributed by atoms with E-state index in [4.69, 9.17) is 4.74 Å². The summed E-state index contributed by atoms with van der Waals surface area (Å²) in [6.07, 6.45) is -1.97. The van der Waals surface area contributed by atoms with Gasteiger partial charge in [0.15, 0.2) is 0 Å². The summed E-state index contributed by atoms with van der Waals surface area (Å²) in [5.41, 5.74) is 0.114. The van der Waals surface area contributed by atoms with E-state index in [1.54, 1.807) is 0 Å². The van der Waals surface area contributed by atoms with Gasteiger partial charge in [-0.1, -0.05) is 0 Å². The predicted octanol–water partition coefficient (Wildman–Crippen LogP) is 2.33. The summed E-state index contributed by atoms with van der Waals surface area (Å²) in [4.78, 5) is 35.5. The molecule has 26 heavy (non-hydrogen) atoms.